The van der Waals surface area contributed by atoms with Crippen molar-refractivity contribution in [2.75, 3.05) is 13.2 Å². The molecule has 0 bridgehead atoms. The lowest BCUT2D eigenvalue weighted by atomic mass is 10.2. The van der Waals surface area contributed by atoms with E-state index in [0.29, 0.717) is 19.0 Å². The first-order valence-corrected chi connectivity index (χ1v) is 5.13. The Labute approximate surface area is 79.7 Å². The molecule has 3 nitrogen and oxygen atoms in total. The molecule has 0 aromatic rings. The van der Waals surface area contributed by atoms with Crippen molar-refractivity contribution in [1.82, 2.24) is 0 Å². The van der Waals surface area contributed by atoms with Gasteiger partial charge in [0.25, 0.3) is 0 Å². The van der Waals surface area contributed by atoms with E-state index in [1.807, 2.05) is 6.92 Å². The molecule has 1 rings (SSSR count). The SMILES string of the molecule is C=CC1=C(C=C)OP(OCC)OC1. The number of hydrogen-bond donors (Lipinski definition) is 0. The minimum Gasteiger partial charge on any atom is -0.426 e. The van der Waals surface area contributed by atoms with Crippen LogP contribution in [0.4, 0.5) is 0 Å². The van der Waals surface area contributed by atoms with Gasteiger partial charge in [0.15, 0.2) is 0 Å². The Kier molecular flexibility index (Phi) is 4.16. The summed E-state index contributed by atoms with van der Waals surface area (Å²) in [4.78, 5) is 0. The molecule has 0 aromatic heterocycles. The number of rotatable bonds is 4. The summed E-state index contributed by atoms with van der Waals surface area (Å²) >= 11 is 0. The summed E-state index contributed by atoms with van der Waals surface area (Å²) in [6.45, 7) is 10.3. The summed E-state index contributed by atoms with van der Waals surface area (Å²) < 4.78 is 15.9. The largest absolute Gasteiger partial charge is 0.426 e. The molecule has 0 aliphatic carbocycles. The standard InChI is InChI=1S/C9H13O3P/c1-4-8-7-11-13(10-6-3)12-9(8)5-2/h4-5H,1-2,6-7H2,3H3. The minimum atomic E-state index is -1.23. The first-order valence-electron chi connectivity index (χ1n) is 4.03. The molecule has 0 aromatic carbocycles. The molecule has 0 saturated heterocycles. The van der Waals surface area contributed by atoms with E-state index in [2.05, 4.69) is 13.2 Å². The predicted octanol–water partition coefficient (Wildman–Crippen LogP) is 2.92. The molecule has 0 fully saturated rings. The van der Waals surface area contributed by atoms with Gasteiger partial charge in [-0.1, -0.05) is 19.2 Å². The molecule has 0 saturated carbocycles. The lowest BCUT2D eigenvalue weighted by Crippen LogP contribution is -2.06. The maximum atomic E-state index is 5.39. The predicted molar refractivity (Wildman–Crippen MR) is 53.0 cm³/mol. The third-order valence-electron chi connectivity index (χ3n) is 1.48. The zero-order valence-corrected chi connectivity index (χ0v) is 8.55. The van der Waals surface area contributed by atoms with E-state index in [4.69, 9.17) is 13.6 Å². The molecule has 72 valence electrons. The Bertz CT molecular complexity index is 235. The van der Waals surface area contributed by atoms with Gasteiger partial charge in [-0.2, -0.15) is 0 Å². The van der Waals surface area contributed by atoms with Gasteiger partial charge < -0.3 is 9.05 Å². The topological polar surface area (TPSA) is 27.7 Å². The zero-order chi connectivity index (χ0) is 9.68. The van der Waals surface area contributed by atoms with Crippen LogP contribution in [-0.4, -0.2) is 13.2 Å². The molecule has 0 amide bonds. The van der Waals surface area contributed by atoms with Gasteiger partial charge in [0, 0.05) is 5.57 Å². The molecular weight excluding hydrogens is 187 g/mol. The second-order valence-corrected chi connectivity index (χ2v) is 3.45. The van der Waals surface area contributed by atoms with Crippen molar-refractivity contribution >= 4 is 8.60 Å². The van der Waals surface area contributed by atoms with Gasteiger partial charge in [-0.3, -0.25) is 4.52 Å². The highest BCUT2D eigenvalue weighted by Gasteiger charge is 2.21. The smallest absolute Gasteiger partial charge is 0.397 e. The van der Waals surface area contributed by atoms with Crippen LogP contribution in [0.3, 0.4) is 0 Å². The fourth-order valence-electron chi connectivity index (χ4n) is 0.856. The van der Waals surface area contributed by atoms with E-state index < -0.39 is 8.60 Å². The number of hydrogen-bond acceptors (Lipinski definition) is 3. The molecular formula is C9H13O3P. The van der Waals surface area contributed by atoms with Gasteiger partial charge in [-0.15, -0.1) is 0 Å². The maximum absolute atomic E-state index is 5.39. The van der Waals surface area contributed by atoms with E-state index in [-0.39, 0.29) is 0 Å². The lowest BCUT2D eigenvalue weighted by molar-refractivity contribution is 0.188. The van der Waals surface area contributed by atoms with Gasteiger partial charge in [-0.25, -0.2) is 0 Å². The van der Waals surface area contributed by atoms with Crippen molar-refractivity contribution in [3.63, 3.8) is 0 Å². The highest BCUT2D eigenvalue weighted by atomic mass is 31.2. The first-order chi connectivity index (χ1) is 6.31. The normalized spacial score (nSPS) is 22.4. The molecule has 4 heteroatoms. The van der Waals surface area contributed by atoms with Crippen LogP contribution in [0.1, 0.15) is 6.92 Å². The van der Waals surface area contributed by atoms with Gasteiger partial charge >= 0.3 is 8.60 Å². The molecule has 0 radical (unpaired) electrons. The quantitative estimate of drug-likeness (QED) is 0.653. The van der Waals surface area contributed by atoms with E-state index in [1.165, 1.54) is 0 Å². The van der Waals surface area contributed by atoms with Gasteiger partial charge in [0.2, 0.25) is 0 Å². The Hall–Kier alpha value is -0.630. The third kappa shape index (κ3) is 2.66. The Balaban J connectivity index is 2.66. The first kappa shape index (κ1) is 10.5. The highest BCUT2D eigenvalue weighted by molar-refractivity contribution is 7.41. The highest BCUT2D eigenvalue weighted by Crippen LogP contribution is 2.46. The fraction of sp³-hybridized carbons (Fsp3) is 0.333. The van der Waals surface area contributed by atoms with E-state index in [0.717, 1.165) is 5.57 Å². The summed E-state index contributed by atoms with van der Waals surface area (Å²) in [5, 5.41) is 0. The van der Waals surface area contributed by atoms with Crippen LogP contribution in [0, 0.1) is 0 Å². The average molecular weight is 200 g/mol. The van der Waals surface area contributed by atoms with Crippen molar-refractivity contribution in [3.8, 4) is 0 Å². The molecule has 1 aliphatic heterocycles. The molecule has 1 heterocycles. The molecule has 13 heavy (non-hydrogen) atoms. The summed E-state index contributed by atoms with van der Waals surface area (Å²) in [6.07, 6.45) is 3.35. The van der Waals surface area contributed by atoms with Crippen LogP contribution in [0.5, 0.6) is 0 Å². The van der Waals surface area contributed by atoms with Crippen LogP contribution in [0.25, 0.3) is 0 Å². The molecule has 0 N–H and O–H groups in total. The van der Waals surface area contributed by atoms with Crippen molar-refractivity contribution < 1.29 is 13.6 Å². The molecule has 1 aliphatic rings. The summed E-state index contributed by atoms with van der Waals surface area (Å²) in [5.74, 6) is 0.709. The Morgan fingerprint density at radius 2 is 2.31 bits per heavy atom. The Morgan fingerprint density at radius 1 is 1.54 bits per heavy atom. The molecule has 1 unspecified atom stereocenters. The van der Waals surface area contributed by atoms with E-state index in [9.17, 15) is 0 Å². The van der Waals surface area contributed by atoms with Crippen LogP contribution < -0.4 is 0 Å². The molecule has 1 atom stereocenters. The third-order valence-corrected chi connectivity index (χ3v) is 2.64. The van der Waals surface area contributed by atoms with Crippen LogP contribution >= 0.6 is 8.60 Å². The van der Waals surface area contributed by atoms with Gasteiger partial charge in [0.05, 0.1) is 13.2 Å². The maximum Gasteiger partial charge on any atom is 0.397 e. The Morgan fingerprint density at radius 3 is 2.85 bits per heavy atom. The van der Waals surface area contributed by atoms with Crippen molar-refractivity contribution in [1.29, 1.82) is 0 Å². The van der Waals surface area contributed by atoms with Crippen LogP contribution in [-0.2, 0) is 13.6 Å². The lowest BCUT2D eigenvalue weighted by Gasteiger charge is -2.23. The monoisotopic (exact) mass is 200 g/mol. The second-order valence-electron chi connectivity index (χ2n) is 2.30. The average Bonchev–Trinajstić information content (AvgIpc) is 2.18. The number of allylic oxidation sites excluding steroid dienone is 1. The minimum absolute atomic E-state index is 0.483. The van der Waals surface area contributed by atoms with E-state index >= 15 is 0 Å². The van der Waals surface area contributed by atoms with Gasteiger partial charge in [0.1, 0.15) is 5.76 Å². The summed E-state index contributed by atoms with van der Waals surface area (Å²) in [6, 6.07) is 0. The van der Waals surface area contributed by atoms with Crippen LogP contribution in [0.2, 0.25) is 0 Å². The summed E-state index contributed by atoms with van der Waals surface area (Å²) in [5.41, 5.74) is 0.911. The van der Waals surface area contributed by atoms with Crippen molar-refractivity contribution in [2.24, 2.45) is 0 Å². The van der Waals surface area contributed by atoms with Gasteiger partial charge in [-0.05, 0) is 13.0 Å². The molecule has 0 spiro atoms. The zero-order valence-electron chi connectivity index (χ0n) is 7.66. The second kappa shape index (κ2) is 5.18. The van der Waals surface area contributed by atoms with Crippen molar-refractivity contribution in [2.45, 2.75) is 6.92 Å². The fourth-order valence-corrected chi connectivity index (χ4v) is 1.84. The van der Waals surface area contributed by atoms with Crippen molar-refractivity contribution in [3.05, 3.63) is 36.6 Å². The summed E-state index contributed by atoms with van der Waals surface area (Å²) in [7, 11) is -1.23. The van der Waals surface area contributed by atoms with Crippen LogP contribution in [0.15, 0.2) is 36.6 Å². The van der Waals surface area contributed by atoms with E-state index in [1.54, 1.807) is 12.2 Å².